The number of ether oxygens (including phenoxy) is 2. The van der Waals surface area contributed by atoms with E-state index < -0.39 is 0 Å². The minimum Gasteiger partial charge on any atom is -0.382 e. The highest BCUT2D eigenvalue weighted by Crippen LogP contribution is 2.18. The lowest BCUT2D eigenvalue weighted by Gasteiger charge is -2.42. The van der Waals surface area contributed by atoms with Gasteiger partial charge in [-0.3, -0.25) is 4.90 Å². The van der Waals surface area contributed by atoms with Crippen molar-refractivity contribution in [2.24, 2.45) is 11.8 Å². The molecule has 0 aromatic heterocycles. The Morgan fingerprint density at radius 2 is 1.90 bits per heavy atom. The van der Waals surface area contributed by atoms with Crippen LogP contribution in [0.3, 0.4) is 0 Å². The molecule has 0 aliphatic carbocycles. The molecule has 1 aliphatic rings. The summed E-state index contributed by atoms with van der Waals surface area (Å²) in [5, 5.41) is 3.73. The summed E-state index contributed by atoms with van der Waals surface area (Å²) in [6.45, 7) is 15.0. The quantitative estimate of drug-likeness (QED) is 0.628. The van der Waals surface area contributed by atoms with Crippen LogP contribution in [0, 0.1) is 11.8 Å². The highest BCUT2D eigenvalue weighted by atomic mass is 16.5. The summed E-state index contributed by atoms with van der Waals surface area (Å²) in [6.07, 6.45) is 2.39. The molecule has 1 fully saturated rings. The average molecular weight is 300 g/mol. The number of nitrogens with zero attached hydrogens (tertiary/aromatic N) is 1. The molecule has 1 aliphatic heterocycles. The molecule has 1 saturated heterocycles. The molecule has 0 aromatic rings. The van der Waals surface area contributed by atoms with Gasteiger partial charge in [0, 0.05) is 45.4 Å². The molecule has 126 valence electrons. The zero-order valence-electron chi connectivity index (χ0n) is 14.7. The molecule has 2 atom stereocenters. The maximum Gasteiger partial charge on any atom is 0.0700 e. The third-order valence-corrected chi connectivity index (χ3v) is 4.28. The molecule has 21 heavy (non-hydrogen) atoms. The Morgan fingerprint density at radius 3 is 2.52 bits per heavy atom. The predicted octanol–water partition coefficient (Wildman–Crippen LogP) is 2.38. The number of rotatable bonds is 10. The third-order valence-electron chi connectivity index (χ3n) is 4.28. The van der Waals surface area contributed by atoms with Gasteiger partial charge in [-0.25, -0.2) is 0 Å². The van der Waals surface area contributed by atoms with Crippen LogP contribution in [-0.4, -0.2) is 63.5 Å². The van der Waals surface area contributed by atoms with Crippen LogP contribution in [0.5, 0.6) is 0 Å². The normalized spacial score (nSPS) is 24.1. The van der Waals surface area contributed by atoms with Crippen molar-refractivity contribution in [3.63, 3.8) is 0 Å². The minimum absolute atomic E-state index is 0.628. The van der Waals surface area contributed by atoms with Crippen molar-refractivity contribution in [1.29, 1.82) is 0 Å². The van der Waals surface area contributed by atoms with E-state index in [4.69, 9.17) is 9.47 Å². The molecule has 4 heteroatoms. The second kappa shape index (κ2) is 10.5. The molecule has 1 rings (SSSR count). The Bertz CT molecular complexity index is 259. The Morgan fingerprint density at radius 1 is 1.14 bits per heavy atom. The molecule has 0 radical (unpaired) electrons. The minimum atomic E-state index is 0.628. The van der Waals surface area contributed by atoms with Gasteiger partial charge in [0.25, 0.3) is 0 Å². The number of piperazine rings is 1. The largest absolute Gasteiger partial charge is 0.382 e. The molecule has 4 nitrogen and oxygen atoms in total. The second-order valence-corrected chi connectivity index (χ2v) is 7.00. The van der Waals surface area contributed by atoms with Gasteiger partial charge in [0.15, 0.2) is 0 Å². The van der Waals surface area contributed by atoms with E-state index in [1.54, 1.807) is 7.11 Å². The van der Waals surface area contributed by atoms with Crippen molar-refractivity contribution >= 4 is 0 Å². The molecular formula is C17H36N2O2. The van der Waals surface area contributed by atoms with Crippen LogP contribution >= 0.6 is 0 Å². The molecule has 0 bridgehead atoms. The molecule has 1 heterocycles. The SMILES string of the molecule is COCCOCCCN1CC(C(C)C)NCC1CC(C)C. The van der Waals surface area contributed by atoms with Crippen LogP contribution in [0.1, 0.15) is 40.5 Å². The van der Waals surface area contributed by atoms with Gasteiger partial charge in [-0.2, -0.15) is 0 Å². The van der Waals surface area contributed by atoms with Gasteiger partial charge >= 0.3 is 0 Å². The molecular weight excluding hydrogens is 264 g/mol. The van der Waals surface area contributed by atoms with Crippen LogP contribution < -0.4 is 5.32 Å². The fraction of sp³-hybridized carbons (Fsp3) is 1.00. The summed E-state index contributed by atoms with van der Waals surface area (Å²) in [6, 6.07) is 1.31. The van der Waals surface area contributed by atoms with E-state index >= 15 is 0 Å². The Kier molecular flexibility index (Phi) is 9.49. The number of hydrogen-bond acceptors (Lipinski definition) is 4. The van der Waals surface area contributed by atoms with Crippen molar-refractivity contribution in [1.82, 2.24) is 10.2 Å². The topological polar surface area (TPSA) is 33.7 Å². The van der Waals surface area contributed by atoms with Crippen molar-refractivity contribution in [3.05, 3.63) is 0 Å². The van der Waals surface area contributed by atoms with Gasteiger partial charge in [0.05, 0.1) is 13.2 Å². The van der Waals surface area contributed by atoms with Crippen molar-refractivity contribution in [2.75, 3.05) is 46.6 Å². The fourth-order valence-electron chi connectivity index (χ4n) is 2.99. The van der Waals surface area contributed by atoms with E-state index in [0.717, 1.165) is 32.0 Å². The van der Waals surface area contributed by atoms with E-state index in [9.17, 15) is 0 Å². The van der Waals surface area contributed by atoms with Crippen molar-refractivity contribution < 1.29 is 9.47 Å². The van der Waals surface area contributed by atoms with Crippen LogP contribution in [0.15, 0.2) is 0 Å². The van der Waals surface area contributed by atoms with Gasteiger partial charge in [0.2, 0.25) is 0 Å². The van der Waals surface area contributed by atoms with E-state index in [1.165, 1.54) is 13.0 Å². The standard InChI is InChI=1S/C17H36N2O2/c1-14(2)11-16-12-18-17(15(3)4)13-19(16)7-6-8-21-10-9-20-5/h14-18H,6-13H2,1-5H3. The van der Waals surface area contributed by atoms with Gasteiger partial charge in [-0.15, -0.1) is 0 Å². The summed E-state index contributed by atoms with van der Waals surface area (Å²) >= 11 is 0. The first-order valence-electron chi connectivity index (χ1n) is 8.58. The van der Waals surface area contributed by atoms with E-state index in [2.05, 4.69) is 37.9 Å². The lowest BCUT2D eigenvalue weighted by molar-refractivity contribution is 0.0529. The summed E-state index contributed by atoms with van der Waals surface area (Å²) in [7, 11) is 1.71. The zero-order chi connectivity index (χ0) is 15.7. The van der Waals surface area contributed by atoms with Crippen LogP contribution in [-0.2, 0) is 9.47 Å². The number of methoxy groups -OCH3 is 1. The predicted molar refractivity (Wildman–Crippen MR) is 88.8 cm³/mol. The summed E-state index contributed by atoms with van der Waals surface area (Å²) < 4.78 is 10.6. The molecule has 0 spiro atoms. The Balaban J connectivity index is 2.35. The van der Waals surface area contributed by atoms with Crippen LogP contribution in [0.25, 0.3) is 0 Å². The Labute approximate surface area is 131 Å². The monoisotopic (exact) mass is 300 g/mol. The van der Waals surface area contributed by atoms with Crippen LogP contribution in [0.2, 0.25) is 0 Å². The molecule has 0 amide bonds. The third kappa shape index (κ3) is 7.59. The summed E-state index contributed by atoms with van der Waals surface area (Å²) in [4.78, 5) is 2.68. The second-order valence-electron chi connectivity index (χ2n) is 7.00. The Hall–Kier alpha value is -0.160. The molecule has 0 saturated carbocycles. The lowest BCUT2D eigenvalue weighted by Crippen LogP contribution is -2.58. The summed E-state index contributed by atoms with van der Waals surface area (Å²) in [5.74, 6) is 1.46. The van der Waals surface area contributed by atoms with E-state index in [-0.39, 0.29) is 0 Å². The molecule has 1 N–H and O–H groups in total. The van der Waals surface area contributed by atoms with E-state index in [0.29, 0.717) is 31.2 Å². The maximum absolute atomic E-state index is 5.59. The van der Waals surface area contributed by atoms with Gasteiger partial charge in [0.1, 0.15) is 0 Å². The first kappa shape index (κ1) is 18.9. The van der Waals surface area contributed by atoms with Crippen molar-refractivity contribution in [2.45, 2.75) is 52.6 Å². The first-order valence-corrected chi connectivity index (χ1v) is 8.58. The number of nitrogens with one attached hydrogen (secondary N) is 1. The highest BCUT2D eigenvalue weighted by molar-refractivity contribution is 4.87. The average Bonchev–Trinajstić information content (AvgIpc) is 2.43. The lowest BCUT2D eigenvalue weighted by atomic mass is 9.95. The zero-order valence-corrected chi connectivity index (χ0v) is 14.7. The van der Waals surface area contributed by atoms with Crippen LogP contribution in [0.4, 0.5) is 0 Å². The summed E-state index contributed by atoms with van der Waals surface area (Å²) in [5.41, 5.74) is 0. The smallest absolute Gasteiger partial charge is 0.0700 e. The van der Waals surface area contributed by atoms with Gasteiger partial charge in [-0.05, 0) is 24.7 Å². The fourth-order valence-corrected chi connectivity index (χ4v) is 2.99. The molecule has 2 unspecified atom stereocenters. The maximum atomic E-state index is 5.59. The van der Waals surface area contributed by atoms with Gasteiger partial charge in [-0.1, -0.05) is 27.7 Å². The van der Waals surface area contributed by atoms with Crippen molar-refractivity contribution in [3.8, 4) is 0 Å². The van der Waals surface area contributed by atoms with Gasteiger partial charge < -0.3 is 14.8 Å². The van der Waals surface area contributed by atoms with E-state index in [1.807, 2.05) is 0 Å². The molecule has 0 aromatic carbocycles. The highest BCUT2D eigenvalue weighted by Gasteiger charge is 2.29. The number of hydrogen-bond donors (Lipinski definition) is 1. The first-order chi connectivity index (χ1) is 10.0.